The first-order valence-corrected chi connectivity index (χ1v) is 6.78. The molecule has 100 valence electrons. The minimum absolute atomic E-state index is 0.283. The maximum atomic E-state index is 11.8. The Kier molecular flexibility index (Phi) is 5.20. The molecule has 0 aliphatic carbocycles. The van der Waals surface area contributed by atoms with Crippen molar-refractivity contribution >= 4 is 33.5 Å². The number of benzene rings is 1. The van der Waals surface area contributed by atoms with Crippen molar-refractivity contribution in [1.29, 1.82) is 0 Å². The minimum Gasteiger partial charge on any atom is -0.465 e. The summed E-state index contributed by atoms with van der Waals surface area (Å²) in [5.41, 5.74) is -0.469. The normalized spacial score (nSPS) is 13.2. The largest absolute Gasteiger partial charge is 0.465 e. The maximum absolute atomic E-state index is 11.8. The SMILES string of the molecule is CCOC(=O)C(C)(C)C(O)c1cc(Cl)ccc1Br. The zero-order valence-electron chi connectivity index (χ0n) is 10.5. The van der Waals surface area contributed by atoms with Crippen LogP contribution in [-0.2, 0) is 9.53 Å². The summed E-state index contributed by atoms with van der Waals surface area (Å²) in [7, 11) is 0. The van der Waals surface area contributed by atoms with Gasteiger partial charge < -0.3 is 9.84 Å². The molecule has 0 aromatic heterocycles. The van der Waals surface area contributed by atoms with E-state index in [1.807, 2.05) is 0 Å². The molecule has 0 fully saturated rings. The van der Waals surface area contributed by atoms with Gasteiger partial charge in [0, 0.05) is 9.50 Å². The highest BCUT2D eigenvalue weighted by Crippen LogP contribution is 2.38. The fourth-order valence-corrected chi connectivity index (χ4v) is 2.19. The van der Waals surface area contributed by atoms with E-state index >= 15 is 0 Å². The van der Waals surface area contributed by atoms with Gasteiger partial charge in [0.15, 0.2) is 0 Å². The van der Waals surface area contributed by atoms with E-state index in [0.29, 0.717) is 15.1 Å². The zero-order valence-corrected chi connectivity index (χ0v) is 12.9. The fourth-order valence-electron chi connectivity index (χ4n) is 1.54. The zero-order chi connectivity index (χ0) is 13.9. The smallest absolute Gasteiger partial charge is 0.314 e. The summed E-state index contributed by atoms with van der Waals surface area (Å²) in [6.45, 7) is 5.30. The highest BCUT2D eigenvalue weighted by Gasteiger charge is 2.39. The molecular weight excluding hydrogens is 319 g/mol. The topological polar surface area (TPSA) is 46.5 Å². The molecule has 3 nitrogen and oxygen atoms in total. The Balaban J connectivity index is 3.08. The highest BCUT2D eigenvalue weighted by molar-refractivity contribution is 9.10. The Morgan fingerprint density at radius 3 is 2.72 bits per heavy atom. The van der Waals surface area contributed by atoms with Gasteiger partial charge in [-0.15, -0.1) is 0 Å². The summed E-state index contributed by atoms with van der Waals surface area (Å²) in [6, 6.07) is 5.08. The van der Waals surface area contributed by atoms with Crippen molar-refractivity contribution in [2.24, 2.45) is 5.41 Å². The van der Waals surface area contributed by atoms with Crippen molar-refractivity contribution in [1.82, 2.24) is 0 Å². The average Bonchev–Trinajstić information content (AvgIpc) is 2.31. The minimum atomic E-state index is -1.04. The number of aliphatic hydroxyl groups is 1. The van der Waals surface area contributed by atoms with Gasteiger partial charge in [0.2, 0.25) is 0 Å². The number of carbonyl (C=O) groups is 1. The Morgan fingerprint density at radius 1 is 1.56 bits per heavy atom. The second-order valence-corrected chi connectivity index (χ2v) is 5.80. The van der Waals surface area contributed by atoms with Crippen LogP contribution in [0, 0.1) is 5.41 Å². The van der Waals surface area contributed by atoms with Crippen LogP contribution in [0.15, 0.2) is 22.7 Å². The second kappa shape index (κ2) is 6.04. The van der Waals surface area contributed by atoms with Crippen molar-refractivity contribution in [3.63, 3.8) is 0 Å². The van der Waals surface area contributed by atoms with Gasteiger partial charge in [-0.1, -0.05) is 27.5 Å². The molecule has 1 N–H and O–H groups in total. The van der Waals surface area contributed by atoms with Crippen LogP contribution in [0.5, 0.6) is 0 Å². The summed E-state index contributed by atoms with van der Waals surface area (Å²) in [6.07, 6.45) is -0.996. The van der Waals surface area contributed by atoms with E-state index in [1.54, 1.807) is 39.0 Å². The monoisotopic (exact) mass is 334 g/mol. The molecule has 1 atom stereocenters. The summed E-state index contributed by atoms with van der Waals surface area (Å²) >= 11 is 9.24. The molecule has 0 aliphatic heterocycles. The van der Waals surface area contributed by atoms with Crippen LogP contribution in [0.25, 0.3) is 0 Å². The van der Waals surface area contributed by atoms with Crippen molar-refractivity contribution in [2.45, 2.75) is 26.9 Å². The molecule has 0 saturated heterocycles. The van der Waals surface area contributed by atoms with Crippen LogP contribution in [0.1, 0.15) is 32.4 Å². The lowest BCUT2D eigenvalue weighted by atomic mass is 9.82. The van der Waals surface area contributed by atoms with Gasteiger partial charge in [-0.25, -0.2) is 0 Å². The number of esters is 1. The third-order valence-corrected chi connectivity index (χ3v) is 3.70. The van der Waals surface area contributed by atoms with Gasteiger partial charge in [0.1, 0.15) is 0 Å². The number of ether oxygens (including phenoxy) is 1. The fraction of sp³-hybridized carbons (Fsp3) is 0.462. The van der Waals surface area contributed by atoms with Crippen LogP contribution in [0.3, 0.4) is 0 Å². The lowest BCUT2D eigenvalue weighted by Crippen LogP contribution is -2.33. The molecule has 0 radical (unpaired) electrons. The molecule has 1 unspecified atom stereocenters. The molecule has 1 aromatic carbocycles. The Bertz CT molecular complexity index is 446. The van der Waals surface area contributed by atoms with Crippen molar-refractivity contribution in [3.8, 4) is 0 Å². The number of carbonyl (C=O) groups excluding carboxylic acids is 1. The molecule has 0 aliphatic rings. The van der Waals surface area contributed by atoms with E-state index in [1.165, 1.54) is 0 Å². The van der Waals surface area contributed by atoms with E-state index in [9.17, 15) is 9.90 Å². The molecule has 0 bridgehead atoms. The summed E-state index contributed by atoms with van der Waals surface area (Å²) in [4.78, 5) is 11.8. The van der Waals surface area contributed by atoms with Crippen LogP contribution in [0.2, 0.25) is 5.02 Å². The number of hydrogen-bond acceptors (Lipinski definition) is 3. The van der Waals surface area contributed by atoms with Gasteiger partial charge >= 0.3 is 5.97 Å². The van der Waals surface area contributed by atoms with Crippen LogP contribution in [-0.4, -0.2) is 17.7 Å². The molecule has 1 rings (SSSR count). The third-order valence-electron chi connectivity index (χ3n) is 2.74. The van der Waals surface area contributed by atoms with Crippen molar-refractivity contribution in [3.05, 3.63) is 33.3 Å². The lowest BCUT2D eigenvalue weighted by molar-refractivity contribution is -0.160. The van der Waals surface area contributed by atoms with Gasteiger partial charge in [-0.2, -0.15) is 0 Å². The Labute approximate surface area is 120 Å². The predicted molar refractivity (Wildman–Crippen MR) is 74.5 cm³/mol. The molecule has 18 heavy (non-hydrogen) atoms. The van der Waals surface area contributed by atoms with Gasteiger partial charge in [0.05, 0.1) is 18.1 Å². The summed E-state index contributed by atoms with van der Waals surface area (Å²) < 4.78 is 5.68. The first-order chi connectivity index (χ1) is 8.30. The molecule has 5 heteroatoms. The van der Waals surface area contributed by atoms with E-state index in [-0.39, 0.29) is 6.61 Å². The lowest BCUT2D eigenvalue weighted by Gasteiger charge is -2.29. The van der Waals surface area contributed by atoms with Crippen LogP contribution < -0.4 is 0 Å². The van der Waals surface area contributed by atoms with Crippen LogP contribution >= 0.6 is 27.5 Å². The van der Waals surface area contributed by atoms with E-state index in [0.717, 1.165) is 0 Å². The molecule has 0 saturated carbocycles. The first-order valence-electron chi connectivity index (χ1n) is 5.61. The van der Waals surface area contributed by atoms with Gasteiger partial charge in [-0.05, 0) is 44.5 Å². The maximum Gasteiger partial charge on any atom is 0.314 e. The average molecular weight is 336 g/mol. The van der Waals surface area contributed by atoms with E-state index in [4.69, 9.17) is 16.3 Å². The molecule has 1 aromatic rings. The van der Waals surface area contributed by atoms with Crippen molar-refractivity contribution < 1.29 is 14.6 Å². The Morgan fingerprint density at radius 2 is 2.17 bits per heavy atom. The Hall–Kier alpha value is -0.580. The van der Waals surface area contributed by atoms with Gasteiger partial charge in [-0.3, -0.25) is 4.79 Å². The summed E-state index contributed by atoms with van der Waals surface area (Å²) in [5.74, 6) is -0.440. The number of aliphatic hydroxyl groups excluding tert-OH is 1. The predicted octanol–water partition coefficient (Wildman–Crippen LogP) is 3.73. The molecule has 0 amide bonds. The van der Waals surface area contributed by atoms with E-state index < -0.39 is 17.5 Å². The van der Waals surface area contributed by atoms with E-state index in [2.05, 4.69) is 15.9 Å². The standard InChI is InChI=1S/C13H16BrClO3/c1-4-18-12(17)13(2,3)11(16)9-7-8(15)5-6-10(9)14/h5-7,11,16H,4H2,1-3H3. The number of hydrogen-bond donors (Lipinski definition) is 1. The number of halogens is 2. The molecule has 0 spiro atoms. The summed E-state index contributed by atoms with van der Waals surface area (Å²) in [5, 5.41) is 10.9. The quantitative estimate of drug-likeness (QED) is 0.853. The van der Waals surface area contributed by atoms with Gasteiger partial charge in [0.25, 0.3) is 0 Å². The first kappa shape index (κ1) is 15.5. The second-order valence-electron chi connectivity index (χ2n) is 4.51. The third kappa shape index (κ3) is 3.25. The highest BCUT2D eigenvalue weighted by atomic mass is 79.9. The molecular formula is C13H16BrClO3. The number of rotatable bonds is 4. The van der Waals surface area contributed by atoms with Crippen LogP contribution in [0.4, 0.5) is 0 Å². The van der Waals surface area contributed by atoms with Crippen molar-refractivity contribution in [2.75, 3.05) is 6.61 Å². The molecule has 0 heterocycles.